The first-order valence-electron chi connectivity index (χ1n) is 6.84. The largest absolute Gasteiger partial charge is 0.501 e. The van der Waals surface area contributed by atoms with Gasteiger partial charge in [-0.05, 0) is 12.1 Å². The van der Waals surface area contributed by atoms with Gasteiger partial charge in [0, 0.05) is 5.56 Å². The average molecular weight is 342 g/mol. The van der Waals surface area contributed by atoms with Crippen LogP contribution in [0.15, 0.2) is 45.9 Å². The molecule has 2 heterocycles. The number of hydrogen-bond acceptors (Lipinski definition) is 7. The van der Waals surface area contributed by atoms with Crippen molar-refractivity contribution in [2.24, 2.45) is 0 Å². The second-order valence-corrected chi connectivity index (χ2v) is 4.77. The summed E-state index contributed by atoms with van der Waals surface area (Å²) in [6, 6.07) is 8.25. The number of benzene rings is 1. The van der Waals surface area contributed by atoms with Crippen molar-refractivity contribution in [2.75, 3.05) is 5.32 Å². The van der Waals surface area contributed by atoms with E-state index >= 15 is 0 Å². The van der Waals surface area contributed by atoms with Crippen LogP contribution in [0.2, 0.25) is 0 Å². The number of H-pyrrole nitrogens is 1. The Bertz CT molecular complexity index is 1010. The van der Waals surface area contributed by atoms with Crippen molar-refractivity contribution in [2.45, 2.75) is 0 Å². The van der Waals surface area contributed by atoms with E-state index in [9.17, 15) is 19.5 Å². The van der Waals surface area contributed by atoms with Crippen molar-refractivity contribution in [3.05, 3.63) is 58.3 Å². The zero-order chi connectivity index (χ0) is 18.0. The zero-order valence-electron chi connectivity index (χ0n) is 12.4. The number of amides is 1. The summed E-state index contributed by atoms with van der Waals surface area (Å²) in [5.74, 6) is -3.55. The maximum atomic E-state index is 12.2. The Morgan fingerprint density at radius 3 is 2.60 bits per heavy atom. The number of aromatic hydroxyl groups is 1. The highest BCUT2D eigenvalue weighted by molar-refractivity contribution is 6.04. The molecule has 4 N–H and O–H groups in total. The molecule has 0 saturated carbocycles. The first-order chi connectivity index (χ1) is 12.0. The van der Waals surface area contributed by atoms with E-state index in [1.54, 1.807) is 30.3 Å². The number of rotatable bonds is 4. The van der Waals surface area contributed by atoms with Crippen LogP contribution < -0.4 is 10.9 Å². The first kappa shape index (κ1) is 15.9. The lowest BCUT2D eigenvalue weighted by molar-refractivity contribution is 0.0686. The van der Waals surface area contributed by atoms with Gasteiger partial charge in [0.25, 0.3) is 11.5 Å². The maximum Gasteiger partial charge on any atom is 0.358 e. The van der Waals surface area contributed by atoms with Gasteiger partial charge >= 0.3 is 5.97 Å². The molecule has 1 amide bonds. The molecule has 10 nitrogen and oxygen atoms in total. The molecule has 0 spiro atoms. The number of aromatic nitrogens is 3. The Kier molecular flexibility index (Phi) is 4.00. The molecule has 2 aromatic heterocycles. The van der Waals surface area contributed by atoms with Gasteiger partial charge in [0.15, 0.2) is 23.6 Å². The second kappa shape index (κ2) is 6.28. The standard InChI is InChI=1S/C15H10N4O6/c20-10-8(15(23)24)17-11(18-13(10)22)9-14(25-6-16-9)19-12(21)7-4-2-1-3-5-7/h1-6,20H,(H,19,21)(H,23,24)(H,17,18,22). The fraction of sp³-hybridized carbons (Fsp3) is 0. The molecule has 10 heteroatoms. The third-order valence-corrected chi connectivity index (χ3v) is 3.15. The van der Waals surface area contributed by atoms with Crippen LogP contribution in [0.25, 0.3) is 11.5 Å². The predicted molar refractivity (Wildman–Crippen MR) is 83.4 cm³/mol. The smallest absolute Gasteiger partial charge is 0.358 e. The fourth-order valence-electron chi connectivity index (χ4n) is 2.00. The number of carbonyl (C=O) groups excluding carboxylic acids is 1. The minimum atomic E-state index is -1.59. The lowest BCUT2D eigenvalue weighted by Gasteiger charge is -2.05. The van der Waals surface area contributed by atoms with E-state index in [0.29, 0.717) is 5.56 Å². The van der Waals surface area contributed by atoms with Crippen LogP contribution in [-0.4, -0.2) is 37.0 Å². The van der Waals surface area contributed by atoms with Gasteiger partial charge in [-0.15, -0.1) is 0 Å². The summed E-state index contributed by atoms with van der Waals surface area (Å²) in [6.07, 6.45) is 0.989. The minimum absolute atomic E-state index is 0.0936. The normalized spacial score (nSPS) is 10.4. The van der Waals surface area contributed by atoms with Crippen molar-refractivity contribution in [3.8, 4) is 17.3 Å². The summed E-state index contributed by atoms with van der Waals surface area (Å²) < 4.78 is 5.07. The van der Waals surface area contributed by atoms with Crippen LogP contribution in [0, 0.1) is 0 Å². The number of nitrogens with one attached hydrogen (secondary N) is 2. The molecule has 0 unspecified atom stereocenters. The van der Waals surface area contributed by atoms with Gasteiger partial charge in [0.2, 0.25) is 11.6 Å². The number of hydrogen-bond donors (Lipinski definition) is 4. The van der Waals surface area contributed by atoms with Gasteiger partial charge in [0.1, 0.15) is 0 Å². The number of oxazole rings is 1. The van der Waals surface area contributed by atoms with Crippen LogP contribution in [0.1, 0.15) is 20.8 Å². The lowest BCUT2D eigenvalue weighted by atomic mass is 10.2. The summed E-state index contributed by atoms with van der Waals surface area (Å²) >= 11 is 0. The number of nitrogens with zero attached hydrogens (tertiary/aromatic N) is 2. The zero-order valence-corrected chi connectivity index (χ0v) is 12.4. The lowest BCUT2D eigenvalue weighted by Crippen LogP contribution is -2.16. The van der Waals surface area contributed by atoms with Crippen molar-refractivity contribution < 1.29 is 24.2 Å². The molecule has 0 aliphatic rings. The van der Waals surface area contributed by atoms with E-state index in [1.807, 2.05) is 0 Å². The number of carboxylic acids is 1. The minimum Gasteiger partial charge on any atom is -0.501 e. The molecule has 126 valence electrons. The Hall–Kier alpha value is -3.95. The summed E-state index contributed by atoms with van der Waals surface area (Å²) in [4.78, 5) is 44.5. The number of carboxylic acid groups (broad SMARTS) is 1. The van der Waals surface area contributed by atoms with Crippen molar-refractivity contribution in [3.63, 3.8) is 0 Å². The number of anilines is 1. The third-order valence-electron chi connectivity index (χ3n) is 3.15. The molecule has 25 heavy (non-hydrogen) atoms. The van der Waals surface area contributed by atoms with Crippen LogP contribution in [0.3, 0.4) is 0 Å². The average Bonchev–Trinajstić information content (AvgIpc) is 3.05. The molecule has 3 rings (SSSR count). The summed E-state index contributed by atoms with van der Waals surface area (Å²) in [5.41, 5.74) is -1.65. The Morgan fingerprint density at radius 2 is 1.92 bits per heavy atom. The highest BCUT2D eigenvalue weighted by Crippen LogP contribution is 2.24. The van der Waals surface area contributed by atoms with Gasteiger partial charge in [0.05, 0.1) is 0 Å². The number of aromatic amines is 1. The fourth-order valence-corrected chi connectivity index (χ4v) is 2.00. The van der Waals surface area contributed by atoms with Gasteiger partial charge in [-0.3, -0.25) is 14.9 Å². The molecular formula is C15H10N4O6. The Balaban J connectivity index is 1.99. The first-order valence-corrected chi connectivity index (χ1v) is 6.84. The molecule has 1 aromatic carbocycles. The van der Waals surface area contributed by atoms with E-state index < -0.39 is 28.9 Å². The van der Waals surface area contributed by atoms with E-state index in [-0.39, 0.29) is 17.4 Å². The molecule has 0 aliphatic carbocycles. The SMILES string of the molecule is O=C(Nc1ocnc1-c1nc(C(=O)O)c(O)c(=O)[nH]1)c1ccccc1. The van der Waals surface area contributed by atoms with Gasteiger partial charge in [-0.1, -0.05) is 18.2 Å². The summed E-state index contributed by atoms with van der Waals surface area (Å²) in [5, 5.41) is 20.9. The van der Waals surface area contributed by atoms with Crippen LogP contribution in [0.4, 0.5) is 5.88 Å². The van der Waals surface area contributed by atoms with Gasteiger partial charge in [-0.25, -0.2) is 14.8 Å². The predicted octanol–water partition coefficient (Wildman–Crippen LogP) is 1.08. The maximum absolute atomic E-state index is 12.2. The molecule has 0 radical (unpaired) electrons. The quantitative estimate of drug-likeness (QED) is 0.548. The van der Waals surface area contributed by atoms with E-state index in [4.69, 9.17) is 9.52 Å². The van der Waals surface area contributed by atoms with Crippen LogP contribution in [0.5, 0.6) is 5.75 Å². The van der Waals surface area contributed by atoms with E-state index in [2.05, 4.69) is 20.3 Å². The number of carbonyl (C=O) groups is 2. The van der Waals surface area contributed by atoms with Crippen molar-refractivity contribution in [1.29, 1.82) is 0 Å². The molecule has 3 aromatic rings. The van der Waals surface area contributed by atoms with E-state index in [0.717, 1.165) is 6.39 Å². The topological polar surface area (TPSA) is 158 Å². The molecule has 0 bridgehead atoms. The Morgan fingerprint density at radius 1 is 1.20 bits per heavy atom. The van der Waals surface area contributed by atoms with E-state index in [1.165, 1.54) is 0 Å². The van der Waals surface area contributed by atoms with Crippen molar-refractivity contribution in [1.82, 2.24) is 15.0 Å². The molecule has 0 aliphatic heterocycles. The highest BCUT2D eigenvalue weighted by Gasteiger charge is 2.22. The summed E-state index contributed by atoms with van der Waals surface area (Å²) in [6.45, 7) is 0. The van der Waals surface area contributed by atoms with Crippen molar-refractivity contribution >= 4 is 17.8 Å². The van der Waals surface area contributed by atoms with Gasteiger partial charge < -0.3 is 19.6 Å². The highest BCUT2D eigenvalue weighted by atomic mass is 16.4. The Labute approximate surface area is 138 Å². The monoisotopic (exact) mass is 342 g/mol. The summed E-state index contributed by atoms with van der Waals surface area (Å²) in [7, 11) is 0. The third kappa shape index (κ3) is 3.08. The van der Waals surface area contributed by atoms with Crippen LogP contribution >= 0.6 is 0 Å². The molecule has 0 saturated heterocycles. The van der Waals surface area contributed by atoms with Gasteiger partial charge in [-0.2, -0.15) is 0 Å². The molecule has 0 fully saturated rings. The van der Waals surface area contributed by atoms with Crippen LogP contribution in [-0.2, 0) is 0 Å². The number of aromatic carboxylic acids is 1. The molecular weight excluding hydrogens is 332 g/mol. The second-order valence-electron chi connectivity index (χ2n) is 4.77. The molecule has 0 atom stereocenters.